The molecule has 3 nitrogen and oxygen atoms in total. The minimum atomic E-state index is -0.288. The smallest absolute Gasteiger partial charge is 0.303 e. The molecule has 0 bridgehead atoms. The van der Waals surface area contributed by atoms with Gasteiger partial charge in [-0.15, -0.1) is 0 Å². The lowest BCUT2D eigenvalue weighted by molar-refractivity contribution is -0.148. The van der Waals surface area contributed by atoms with Crippen LogP contribution in [0.3, 0.4) is 0 Å². The molecule has 0 heterocycles. The molecular formula is C12H18O3. The van der Waals surface area contributed by atoms with Crippen LogP contribution in [0.2, 0.25) is 0 Å². The lowest BCUT2D eigenvalue weighted by Gasteiger charge is -2.30. The van der Waals surface area contributed by atoms with E-state index in [0.717, 1.165) is 0 Å². The number of hydrogen-bond acceptors (Lipinski definition) is 3. The van der Waals surface area contributed by atoms with Crippen LogP contribution < -0.4 is 0 Å². The lowest BCUT2D eigenvalue weighted by atomic mass is 9.80. The number of carbonyl (C=O) groups excluding carboxylic acids is 2. The zero-order valence-corrected chi connectivity index (χ0v) is 9.74. The summed E-state index contributed by atoms with van der Waals surface area (Å²) < 4.78 is 5.22. The predicted octanol–water partition coefficient (Wildman–Crippen LogP) is 2.11. The summed E-state index contributed by atoms with van der Waals surface area (Å²) in [6.07, 6.45) is 2.02. The lowest BCUT2D eigenvalue weighted by Crippen LogP contribution is -2.34. The number of esters is 1. The summed E-state index contributed by atoms with van der Waals surface area (Å²) in [5.74, 6) is 0.328. The monoisotopic (exact) mass is 210 g/mol. The largest absolute Gasteiger partial charge is 0.458 e. The van der Waals surface area contributed by atoms with Crippen molar-refractivity contribution in [2.75, 3.05) is 0 Å². The van der Waals surface area contributed by atoms with Crippen LogP contribution >= 0.6 is 0 Å². The molecule has 0 N–H and O–H groups in total. The van der Waals surface area contributed by atoms with E-state index in [-0.39, 0.29) is 23.8 Å². The molecule has 0 aromatic carbocycles. The molecule has 1 rings (SSSR count). The van der Waals surface area contributed by atoms with E-state index in [9.17, 15) is 9.59 Å². The third-order valence-electron chi connectivity index (χ3n) is 2.86. The summed E-state index contributed by atoms with van der Waals surface area (Å²) >= 11 is 0. The second-order valence-electron chi connectivity index (χ2n) is 4.46. The van der Waals surface area contributed by atoms with E-state index in [1.54, 1.807) is 13.0 Å². The SMILES string of the molecule is CC(=O)OC1C=C(C)C(=O)C[C@@H]1C(C)C. The van der Waals surface area contributed by atoms with Gasteiger partial charge in [-0.05, 0) is 24.5 Å². The van der Waals surface area contributed by atoms with Crippen molar-refractivity contribution >= 4 is 11.8 Å². The first-order valence-electron chi connectivity index (χ1n) is 5.30. The molecule has 0 aliphatic heterocycles. The van der Waals surface area contributed by atoms with Crippen molar-refractivity contribution in [3.63, 3.8) is 0 Å². The second-order valence-corrected chi connectivity index (χ2v) is 4.46. The molecule has 1 unspecified atom stereocenters. The normalized spacial score (nSPS) is 26.5. The van der Waals surface area contributed by atoms with Crippen molar-refractivity contribution in [1.29, 1.82) is 0 Å². The van der Waals surface area contributed by atoms with E-state index >= 15 is 0 Å². The molecule has 0 aromatic rings. The summed E-state index contributed by atoms with van der Waals surface area (Å²) in [4.78, 5) is 22.5. The minimum absolute atomic E-state index is 0.116. The van der Waals surface area contributed by atoms with Crippen LogP contribution in [0.15, 0.2) is 11.6 Å². The number of rotatable bonds is 2. The maximum Gasteiger partial charge on any atom is 0.303 e. The van der Waals surface area contributed by atoms with E-state index < -0.39 is 0 Å². The van der Waals surface area contributed by atoms with Crippen molar-refractivity contribution < 1.29 is 14.3 Å². The van der Waals surface area contributed by atoms with Crippen LogP contribution in [0.1, 0.15) is 34.1 Å². The average Bonchev–Trinajstić information content (AvgIpc) is 2.09. The van der Waals surface area contributed by atoms with Gasteiger partial charge in [-0.2, -0.15) is 0 Å². The van der Waals surface area contributed by atoms with Crippen molar-refractivity contribution in [1.82, 2.24) is 0 Å². The van der Waals surface area contributed by atoms with Gasteiger partial charge in [-0.25, -0.2) is 0 Å². The van der Waals surface area contributed by atoms with Gasteiger partial charge in [0.05, 0.1) is 0 Å². The fraction of sp³-hybridized carbons (Fsp3) is 0.667. The number of carbonyl (C=O) groups is 2. The highest BCUT2D eigenvalue weighted by molar-refractivity contribution is 5.96. The Morgan fingerprint density at radius 1 is 1.53 bits per heavy atom. The van der Waals surface area contributed by atoms with Crippen LogP contribution in [0.25, 0.3) is 0 Å². The van der Waals surface area contributed by atoms with Crippen LogP contribution in [0, 0.1) is 11.8 Å². The van der Waals surface area contributed by atoms with Crippen molar-refractivity contribution in [3.8, 4) is 0 Å². The Hall–Kier alpha value is -1.12. The second kappa shape index (κ2) is 4.60. The van der Waals surface area contributed by atoms with Crippen LogP contribution in [0.4, 0.5) is 0 Å². The van der Waals surface area contributed by atoms with Crippen LogP contribution in [-0.2, 0) is 14.3 Å². The molecule has 0 saturated carbocycles. The Morgan fingerprint density at radius 2 is 2.13 bits per heavy atom. The van der Waals surface area contributed by atoms with Gasteiger partial charge in [0.1, 0.15) is 6.10 Å². The first-order valence-corrected chi connectivity index (χ1v) is 5.30. The summed E-state index contributed by atoms with van der Waals surface area (Å²) in [6, 6.07) is 0. The Kier molecular flexibility index (Phi) is 3.66. The predicted molar refractivity (Wildman–Crippen MR) is 57.3 cm³/mol. The van der Waals surface area contributed by atoms with Gasteiger partial charge in [-0.3, -0.25) is 9.59 Å². The molecule has 1 aliphatic carbocycles. The van der Waals surface area contributed by atoms with E-state index in [1.807, 2.05) is 13.8 Å². The van der Waals surface area contributed by atoms with E-state index in [2.05, 4.69) is 0 Å². The molecule has 0 radical (unpaired) electrons. The van der Waals surface area contributed by atoms with E-state index in [4.69, 9.17) is 4.74 Å². The zero-order valence-electron chi connectivity index (χ0n) is 9.74. The van der Waals surface area contributed by atoms with Gasteiger partial charge in [-0.1, -0.05) is 13.8 Å². The first kappa shape index (κ1) is 12.0. The van der Waals surface area contributed by atoms with Crippen molar-refractivity contribution in [2.45, 2.75) is 40.2 Å². The molecule has 0 amide bonds. The van der Waals surface area contributed by atoms with Gasteiger partial charge in [0.2, 0.25) is 0 Å². The van der Waals surface area contributed by atoms with Gasteiger partial charge in [0.15, 0.2) is 5.78 Å². The fourth-order valence-corrected chi connectivity index (χ4v) is 1.88. The Bertz CT molecular complexity index is 302. The van der Waals surface area contributed by atoms with Gasteiger partial charge < -0.3 is 4.74 Å². The molecule has 0 saturated heterocycles. The summed E-state index contributed by atoms with van der Waals surface area (Å²) in [6.45, 7) is 7.26. The van der Waals surface area contributed by atoms with Crippen molar-refractivity contribution in [2.24, 2.45) is 11.8 Å². The van der Waals surface area contributed by atoms with E-state index in [0.29, 0.717) is 17.9 Å². The Balaban J connectivity index is 2.87. The number of allylic oxidation sites excluding steroid dienone is 1. The van der Waals surface area contributed by atoms with Gasteiger partial charge in [0, 0.05) is 19.3 Å². The summed E-state index contributed by atoms with van der Waals surface area (Å²) in [5.41, 5.74) is 0.707. The Morgan fingerprint density at radius 3 is 2.60 bits per heavy atom. The molecule has 84 valence electrons. The molecule has 0 spiro atoms. The maximum atomic E-state index is 11.5. The van der Waals surface area contributed by atoms with Gasteiger partial charge >= 0.3 is 5.97 Å². The van der Waals surface area contributed by atoms with Gasteiger partial charge in [0.25, 0.3) is 0 Å². The molecule has 3 heteroatoms. The summed E-state index contributed by atoms with van der Waals surface area (Å²) in [5, 5.41) is 0. The standard InChI is InChI=1S/C12H18O3/c1-7(2)10-6-11(14)8(3)5-12(10)15-9(4)13/h5,7,10,12H,6H2,1-4H3/t10-,12?/m1/s1. The highest BCUT2D eigenvalue weighted by atomic mass is 16.5. The third-order valence-corrected chi connectivity index (χ3v) is 2.86. The minimum Gasteiger partial charge on any atom is -0.458 e. The highest BCUT2D eigenvalue weighted by Crippen LogP contribution is 2.29. The van der Waals surface area contributed by atoms with Crippen molar-refractivity contribution in [3.05, 3.63) is 11.6 Å². The number of ketones is 1. The number of hydrogen-bond donors (Lipinski definition) is 0. The molecule has 15 heavy (non-hydrogen) atoms. The summed E-state index contributed by atoms with van der Waals surface area (Å²) in [7, 11) is 0. The molecule has 1 aliphatic rings. The zero-order chi connectivity index (χ0) is 11.6. The maximum absolute atomic E-state index is 11.5. The number of Topliss-reactive ketones (excluding diaryl/α,β-unsaturated/α-hetero) is 1. The Labute approximate surface area is 90.5 Å². The molecule has 0 fully saturated rings. The van der Waals surface area contributed by atoms with Crippen LogP contribution in [-0.4, -0.2) is 17.9 Å². The molecule has 2 atom stereocenters. The topological polar surface area (TPSA) is 43.4 Å². The quantitative estimate of drug-likeness (QED) is 0.655. The average molecular weight is 210 g/mol. The molecule has 0 aromatic heterocycles. The first-order chi connectivity index (χ1) is 6.91. The molecular weight excluding hydrogens is 192 g/mol. The van der Waals surface area contributed by atoms with Crippen LogP contribution in [0.5, 0.6) is 0 Å². The third kappa shape index (κ3) is 2.91. The van der Waals surface area contributed by atoms with E-state index in [1.165, 1.54) is 6.92 Å². The fourth-order valence-electron chi connectivity index (χ4n) is 1.88. The number of ether oxygens (including phenoxy) is 1. The highest BCUT2D eigenvalue weighted by Gasteiger charge is 2.32.